The highest BCUT2D eigenvalue weighted by Crippen LogP contribution is 2.35. The van der Waals surface area contributed by atoms with E-state index in [0.717, 1.165) is 5.39 Å². The Morgan fingerprint density at radius 3 is 2.68 bits per heavy atom. The van der Waals surface area contributed by atoms with Crippen LogP contribution in [0.1, 0.15) is 18.7 Å². The fraction of sp³-hybridized carbons (Fsp3) is 0.467. The molecule has 2 saturated heterocycles. The summed E-state index contributed by atoms with van der Waals surface area (Å²) in [5.74, 6) is -0.531. The van der Waals surface area contributed by atoms with Crippen molar-refractivity contribution < 1.29 is 18.3 Å². The lowest BCUT2D eigenvalue weighted by atomic mass is 10.2. The lowest BCUT2D eigenvalue weighted by Gasteiger charge is -2.23. The molecule has 3 heterocycles. The fourth-order valence-electron chi connectivity index (χ4n) is 3.08. The number of para-hydroxylation sites is 1. The van der Waals surface area contributed by atoms with Gasteiger partial charge in [0.1, 0.15) is 5.82 Å². The molecule has 2 aliphatic heterocycles. The van der Waals surface area contributed by atoms with Gasteiger partial charge in [-0.2, -0.15) is 0 Å². The Bertz CT molecular complexity index is 704. The summed E-state index contributed by atoms with van der Waals surface area (Å²) in [7, 11) is 0. The normalized spacial score (nSPS) is 20.6. The van der Waals surface area contributed by atoms with Crippen LogP contribution in [0.5, 0.6) is 0 Å². The van der Waals surface area contributed by atoms with E-state index in [-0.39, 0.29) is 0 Å². The Morgan fingerprint density at radius 1 is 1.14 bits per heavy atom. The standard InChI is InChI=1S/C15H15F2N3O2/c16-12(17)13-18-11-4-2-1-3-10(11)14(19-13)20-6-5-15(9-20)21-7-8-22-15/h1-4,12H,5-9H2. The van der Waals surface area contributed by atoms with Crippen LogP contribution in [0.3, 0.4) is 0 Å². The third-order valence-electron chi connectivity index (χ3n) is 4.10. The van der Waals surface area contributed by atoms with E-state index in [2.05, 4.69) is 9.97 Å². The Morgan fingerprint density at radius 2 is 1.91 bits per heavy atom. The number of nitrogens with zero attached hydrogens (tertiary/aromatic N) is 3. The van der Waals surface area contributed by atoms with Crippen molar-refractivity contribution in [2.75, 3.05) is 31.2 Å². The fourth-order valence-corrected chi connectivity index (χ4v) is 3.08. The summed E-state index contributed by atoms with van der Waals surface area (Å²) in [5.41, 5.74) is 0.525. The largest absolute Gasteiger partial charge is 0.350 e. The van der Waals surface area contributed by atoms with Gasteiger partial charge in [0.25, 0.3) is 6.43 Å². The van der Waals surface area contributed by atoms with Crippen LogP contribution in [-0.2, 0) is 9.47 Å². The van der Waals surface area contributed by atoms with Gasteiger partial charge in [-0.05, 0) is 12.1 Å². The number of rotatable bonds is 2. The average molecular weight is 307 g/mol. The third-order valence-corrected chi connectivity index (χ3v) is 4.10. The molecule has 2 fully saturated rings. The second-order valence-electron chi connectivity index (χ2n) is 5.50. The van der Waals surface area contributed by atoms with Gasteiger partial charge in [-0.1, -0.05) is 12.1 Å². The summed E-state index contributed by atoms with van der Waals surface area (Å²) >= 11 is 0. The predicted molar refractivity (Wildman–Crippen MR) is 76.0 cm³/mol. The molecule has 0 amide bonds. The number of benzene rings is 1. The minimum Gasteiger partial charge on any atom is -0.350 e. The van der Waals surface area contributed by atoms with E-state index in [4.69, 9.17) is 9.47 Å². The van der Waals surface area contributed by atoms with Crippen LogP contribution in [0.15, 0.2) is 24.3 Å². The second-order valence-corrected chi connectivity index (χ2v) is 5.50. The van der Waals surface area contributed by atoms with Crippen molar-refractivity contribution >= 4 is 16.7 Å². The molecule has 2 aliphatic rings. The van der Waals surface area contributed by atoms with E-state index in [1.165, 1.54) is 0 Å². The molecule has 0 atom stereocenters. The molecule has 0 aliphatic carbocycles. The Kier molecular flexibility index (Phi) is 3.19. The number of hydrogen-bond donors (Lipinski definition) is 0. The van der Waals surface area contributed by atoms with Gasteiger partial charge in [0.05, 0.1) is 25.3 Å². The highest BCUT2D eigenvalue weighted by Gasteiger charge is 2.44. The number of alkyl halides is 2. The first-order chi connectivity index (χ1) is 10.7. The van der Waals surface area contributed by atoms with Crippen molar-refractivity contribution in [2.45, 2.75) is 18.6 Å². The summed E-state index contributed by atoms with van der Waals surface area (Å²) in [6, 6.07) is 7.21. The molecule has 1 aromatic heterocycles. The Hall–Kier alpha value is -1.86. The number of fused-ring (bicyclic) bond motifs is 1. The van der Waals surface area contributed by atoms with Gasteiger partial charge in [0, 0.05) is 18.4 Å². The highest BCUT2D eigenvalue weighted by molar-refractivity contribution is 5.89. The molecular formula is C15H15F2N3O2. The minimum atomic E-state index is -2.70. The van der Waals surface area contributed by atoms with Crippen molar-refractivity contribution in [3.05, 3.63) is 30.1 Å². The molecule has 7 heteroatoms. The summed E-state index contributed by atoms with van der Waals surface area (Å²) < 4.78 is 37.5. The molecule has 0 N–H and O–H groups in total. The molecular weight excluding hydrogens is 292 g/mol. The zero-order valence-electron chi connectivity index (χ0n) is 11.8. The van der Waals surface area contributed by atoms with Crippen LogP contribution >= 0.6 is 0 Å². The molecule has 116 valence electrons. The van der Waals surface area contributed by atoms with Crippen LogP contribution in [0.2, 0.25) is 0 Å². The molecule has 0 radical (unpaired) electrons. The molecule has 0 saturated carbocycles. The first kappa shape index (κ1) is 13.8. The van der Waals surface area contributed by atoms with Crippen molar-refractivity contribution in [1.29, 1.82) is 0 Å². The highest BCUT2D eigenvalue weighted by atomic mass is 19.3. The zero-order valence-corrected chi connectivity index (χ0v) is 11.8. The molecule has 1 aromatic carbocycles. The maximum absolute atomic E-state index is 13.1. The topological polar surface area (TPSA) is 47.5 Å². The van der Waals surface area contributed by atoms with Crippen LogP contribution in [0.4, 0.5) is 14.6 Å². The Balaban J connectivity index is 1.77. The SMILES string of the molecule is FC(F)c1nc(N2CCC3(C2)OCCO3)c2ccccc2n1. The van der Waals surface area contributed by atoms with Crippen molar-refractivity contribution in [2.24, 2.45) is 0 Å². The second kappa shape index (κ2) is 5.10. The van der Waals surface area contributed by atoms with Crippen molar-refractivity contribution in [3.8, 4) is 0 Å². The van der Waals surface area contributed by atoms with Crippen molar-refractivity contribution in [3.63, 3.8) is 0 Å². The number of aromatic nitrogens is 2. The van der Waals surface area contributed by atoms with Gasteiger partial charge in [-0.25, -0.2) is 18.7 Å². The van der Waals surface area contributed by atoms with E-state index in [1.807, 2.05) is 17.0 Å². The Labute approximate surface area is 125 Å². The molecule has 22 heavy (non-hydrogen) atoms. The number of hydrogen-bond acceptors (Lipinski definition) is 5. The van der Waals surface area contributed by atoms with Crippen LogP contribution in [0, 0.1) is 0 Å². The summed E-state index contributed by atoms with van der Waals surface area (Å²) in [6.45, 7) is 2.29. The summed E-state index contributed by atoms with van der Waals surface area (Å²) in [6.07, 6.45) is -1.99. The lowest BCUT2D eigenvalue weighted by molar-refractivity contribution is -0.137. The maximum Gasteiger partial charge on any atom is 0.297 e. The zero-order chi connectivity index (χ0) is 15.2. The van der Waals surface area contributed by atoms with Gasteiger partial charge >= 0.3 is 0 Å². The first-order valence-electron chi connectivity index (χ1n) is 7.25. The van der Waals surface area contributed by atoms with Crippen LogP contribution < -0.4 is 4.90 Å². The molecule has 0 unspecified atom stereocenters. The van der Waals surface area contributed by atoms with Gasteiger partial charge in [-0.15, -0.1) is 0 Å². The van der Waals surface area contributed by atoms with Crippen molar-refractivity contribution in [1.82, 2.24) is 9.97 Å². The number of anilines is 1. The van der Waals surface area contributed by atoms with Crippen LogP contribution in [-0.4, -0.2) is 42.1 Å². The molecule has 1 spiro atoms. The summed E-state index contributed by atoms with van der Waals surface area (Å²) in [4.78, 5) is 9.98. The predicted octanol–water partition coefficient (Wildman–Crippen LogP) is 2.52. The van der Waals surface area contributed by atoms with Gasteiger partial charge < -0.3 is 14.4 Å². The molecule has 5 nitrogen and oxygen atoms in total. The summed E-state index contributed by atoms with van der Waals surface area (Å²) in [5, 5.41) is 0.766. The van der Waals surface area contributed by atoms with E-state index >= 15 is 0 Å². The maximum atomic E-state index is 13.1. The monoisotopic (exact) mass is 307 g/mol. The lowest BCUT2D eigenvalue weighted by Crippen LogP contribution is -2.34. The number of halogens is 2. The third kappa shape index (κ3) is 2.21. The van der Waals surface area contributed by atoms with E-state index in [1.54, 1.807) is 12.1 Å². The van der Waals surface area contributed by atoms with Gasteiger partial charge in [-0.3, -0.25) is 0 Å². The molecule has 0 bridgehead atoms. The van der Waals surface area contributed by atoms with Gasteiger partial charge in [0.15, 0.2) is 11.6 Å². The van der Waals surface area contributed by atoms with E-state index < -0.39 is 18.0 Å². The van der Waals surface area contributed by atoms with E-state index in [0.29, 0.717) is 44.1 Å². The molecule has 2 aromatic rings. The molecule has 4 rings (SSSR count). The first-order valence-corrected chi connectivity index (χ1v) is 7.25. The quantitative estimate of drug-likeness (QED) is 0.853. The average Bonchev–Trinajstić information content (AvgIpc) is 3.16. The van der Waals surface area contributed by atoms with Gasteiger partial charge in [0.2, 0.25) is 0 Å². The smallest absolute Gasteiger partial charge is 0.297 e. The van der Waals surface area contributed by atoms with Crippen LogP contribution in [0.25, 0.3) is 10.9 Å². The number of ether oxygens (including phenoxy) is 2. The van der Waals surface area contributed by atoms with E-state index in [9.17, 15) is 8.78 Å². The minimum absolute atomic E-state index is 0.442.